The second-order valence-corrected chi connectivity index (χ2v) is 7.94. The van der Waals surface area contributed by atoms with Crippen molar-refractivity contribution in [3.63, 3.8) is 0 Å². The summed E-state index contributed by atoms with van der Waals surface area (Å²) in [5.41, 5.74) is 5.44. The van der Waals surface area contributed by atoms with Crippen LogP contribution in [-0.4, -0.2) is 23.3 Å². The monoisotopic (exact) mass is 374 g/mol. The average Bonchev–Trinajstić information content (AvgIpc) is 2.99. The largest absolute Gasteiger partial charge is 0.361 e. The number of H-pyrrole nitrogens is 1. The van der Waals surface area contributed by atoms with E-state index in [0.717, 1.165) is 33.3 Å². The number of nitrogens with one attached hydrogen (secondary N) is 1. The molecule has 0 aliphatic rings. The lowest BCUT2D eigenvalue weighted by Crippen LogP contribution is -2.00. The number of rotatable bonds is 4. The zero-order valence-electron chi connectivity index (χ0n) is 13.6. The molecular weight excluding hydrogens is 358 g/mol. The third-order valence-corrected chi connectivity index (χ3v) is 7.10. The molecule has 2 unspecified atom stereocenters. The number of nitriles is 1. The van der Waals surface area contributed by atoms with Crippen molar-refractivity contribution >= 4 is 45.7 Å². The first-order chi connectivity index (χ1) is 11.6. The first-order valence-electron chi connectivity index (χ1n) is 7.41. The molecule has 3 rings (SSSR count). The number of halogens is 1. The van der Waals surface area contributed by atoms with Crippen molar-refractivity contribution in [3.8, 4) is 17.2 Å². The number of aromatic amines is 1. The van der Waals surface area contributed by atoms with Crippen molar-refractivity contribution in [1.29, 1.82) is 5.26 Å². The smallest absolute Gasteiger partial charge is 0.0994 e. The normalized spacial score (nSPS) is 11.8. The molecule has 0 aliphatic heterocycles. The number of aryl methyl sites for hydroxylation is 1. The molecule has 0 saturated carbocycles. The van der Waals surface area contributed by atoms with Crippen LogP contribution in [0.2, 0.25) is 5.02 Å². The standard InChI is InChI=1S/C17H17ClN4P2/c1-10-4-15-12(5-11(10)6-19)13(8-21-15)14-7-20-9-16(17(14)18)22(23-2)24-3/h4-5,7-9,21,23-24H,1-3H3. The number of aromatic nitrogens is 2. The Morgan fingerprint density at radius 3 is 2.62 bits per heavy atom. The van der Waals surface area contributed by atoms with Gasteiger partial charge in [-0.05, 0) is 55.4 Å². The third-order valence-electron chi connectivity index (χ3n) is 3.99. The molecule has 3 aromatic rings. The van der Waals surface area contributed by atoms with E-state index in [1.54, 1.807) is 6.20 Å². The molecule has 1 aromatic carbocycles. The number of nitrogens with zero attached hydrogens (tertiary/aromatic N) is 3. The summed E-state index contributed by atoms with van der Waals surface area (Å²) in [7, 11) is 1.26. The van der Waals surface area contributed by atoms with Crippen LogP contribution in [0.1, 0.15) is 11.1 Å². The molecular formula is C17H17ClN4P2. The minimum atomic E-state index is 0.632. The van der Waals surface area contributed by atoms with Gasteiger partial charge < -0.3 is 9.42 Å². The van der Waals surface area contributed by atoms with Crippen LogP contribution < -0.4 is 4.44 Å². The molecule has 24 heavy (non-hydrogen) atoms. The highest BCUT2D eigenvalue weighted by atomic mass is 35.5. The zero-order valence-corrected chi connectivity index (χ0v) is 16.4. The van der Waals surface area contributed by atoms with Gasteiger partial charge in [0.1, 0.15) is 0 Å². The summed E-state index contributed by atoms with van der Waals surface area (Å²) >= 11 is 6.71. The maximum absolute atomic E-state index is 9.31. The van der Waals surface area contributed by atoms with E-state index >= 15 is 0 Å². The molecule has 0 saturated heterocycles. The van der Waals surface area contributed by atoms with E-state index in [1.165, 1.54) is 0 Å². The number of pyridine rings is 1. The van der Waals surface area contributed by atoms with E-state index in [9.17, 15) is 5.26 Å². The lowest BCUT2D eigenvalue weighted by molar-refractivity contribution is 1.32. The molecule has 0 amide bonds. The van der Waals surface area contributed by atoms with Crippen LogP contribution in [0, 0.1) is 18.3 Å². The summed E-state index contributed by atoms with van der Waals surface area (Å²) in [6.07, 6.45) is 5.54. The molecule has 0 aliphatic carbocycles. The maximum Gasteiger partial charge on any atom is 0.0994 e. The fourth-order valence-electron chi connectivity index (χ4n) is 2.75. The topological polar surface area (TPSA) is 55.7 Å². The zero-order chi connectivity index (χ0) is 17.3. The lowest BCUT2D eigenvalue weighted by Gasteiger charge is -2.22. The van der Waals surface area contributed by atoms with Gasteiger partial charge in [-0.2, -0.15) is 5.26 Å². The van der Waals surface area contributed by atoms with Crippen LogP contribution in [0.15, 0.2) is 30.7 Å². The van der Waals surface area contributed by atoms with Gasteiger partial charge in [-0.1, -0.05) is 11.6 Å². The summed E-state index contributed by atoms with van der Waals surface area (Å²) in [6.45, 7) is 6.20. The minimum Gasteiger partial charge on any atom is -0.361 e. The second-order valence-electron chi connectivity index (χ2n) is 5.33. The molecule has 1 N–H and O–H groups in total. The summed E-state index contributed by atoms with van der Waals surface area (Å²) < 4.78 is 2.23. The van der Waals surface area contributed by atoms with Crippen LogP contribution in [-0.2, 0) is 0 Å². The molecule has 0 fully saturated rings. The lowest BCUT2D eigenvalue weighted by atomic mass is 10.0. The van der Waals surface area contributed by atoms with Gasteiger partial charge in [-0.3, -0.25) is 4.98 Å². The van der Waals surface area contributed by atoms with Crippen LogP contribution in [0.4, 0.5) is 5.69 Å². The van der Waals surface area contributed by atoms with Crippen molar-refractivity contribution in [3.05, 3.63) is 46.9 Å². The molecule has 0 spiro atoms. The Bertz CT molecular complexity index is 942. The van der Waals surface area contributed by atoms with Gasteiger partial charge in [0.05, 0.1) is 28.5 Å². The fourth-order valence-corrected chi connectivity index (χ4v) is 4.89. The average molecular weight is 375 g/mol. The molecule has 2 aromatic heterocycles. The van der Waals surface area contributed by atoms with Gasteiger partial charge in [-0.15, -0.1) is 0 Å². The van der Waals surface area contributed by atoms with Gasteiger partial charge in [0, 0.05) is 34.4 Å². The van der Waals surface area contributed by atoms with Crippen molar-refractivity contribution in [1.82, 2.24) is 9.97 Å². The summed E-state index contributed by atoms with van der Waals surface area (Å²) in [5, 5.41) is 11.0. The van der Waals surface area contributed by atoms with Gasteiger partial charge in [-0.25, -0.2) is 0 Å². The molecule has 0 bridgehead atoms. The highest BCUT2D eigenvalue weighted by molar-refractivity contribution is 7.58. The van der Waals surface area contributed by atoms with Gasteiger partial charge in [0.2, 0.25) is 0 Å². The number of hydrogen-bond donors (Lipinski definition) is 1. The van der Waals surface area contributed by atoms with E-state index in [1.807, 2.05) is 31.5 Å². The fraction of sp³-hybridized carbons (Fsp3) is 0.176. The van der Waals surface area contributed by atoms with E-state index in [4.69, 9.17) is 11.6 Å². The first kappa shape index (κ1) is 17.2. The third kappa shape index (κ3) is 2.89. The van der Waals surface area contributed by atoms with Crippen LogP contribution in [0.25, 0.3) is 22.0 Å². The molecule has 4 nitrogen and oxygen atoms in total. The quantitative estimate of drug-likeness (QED) is 0.629. The van der Waals surface area contributed by atoms with E-state index in [-0.39, 0.29) is 0 Å². The van der Waals surface area contributed by atoms with Crippen molar-refractivity contribution < 1.29 is 0 Å². The van der Waals surface area contributed by atoms with Gasteiger partial charge in [0.15, 0.2) is 0 Å². The Morgan fingerprint density at radius 1 is 1.21 bits per heavy atom. The maximum atomic E-state index is 9.31. The first-order valence-corrected chi connectivity index (χ1v) is 10.7. The van der Waals surface area contributed by atoms with Crippen molar-refractivity contribution in [2.75, 3.05) is 17.8 Å². The van der Waals surface area contributed by atoms with Crippen LogP contribution in [0.5, 0.6) is 0 Å². The molecule has 7 heteroatoms. The minimum absolute atomic E-state index is 0.632. The Balaban J connectivity index is 2.22. The summed E-state index contributed by atoms with van der Waals surface area (Å²) in [6, 6.07) is 6.16. The van der Waals surface area contributed by atoms with E-state index < -0.39 is 0 Å². The predicted molar refractivity (Wildman–Crippen MR) is 107 cm³/mol. The Kier molecular flexibility index (Phi) is 5.07. The number of hydrogen-bond acceptors (Lipinski definition) is 3. The molecule has 2 heterocycles. The Morgan fingerprint density at radius 2 is 1.96 bits per heavy atom. The second kappa shape index (κ2) is 7.08. The summed E-state index contributed by atoms with van der Waals surface area (Å²) in [5.74, 6) is 0. The SMILES string of the molecule is CPN(PC)c1cncc(-c2c[nH]c3cc(C)c(C#N)cc23)c1Cl. The van der Waals surface area contributed by atoms with Crippen LogP contribution in [0.3, 0.4) is 0 Å². The Hall–Kier alpha value is -1.65. The number of anilines is 1. The van der Waals surface area contributed by atoms with Crippen LogP contribution >= 0.6 is 29.1 Å². The number of benzene rings is 1. The van der Waals surface area contributed by atoms with Crippen molar-refractivity contribution in [2.45, 2.75) is 6.92 Å². The van der Waals surface area contributed by atoms with E-state index in [0.29, 0.717) is 28.0 Å². The van der Waals surface area contributed by atoms with Gasteiger partial charge in [0.25, 0.3) is 0 Å². The van der Waals surface area contributed by atoms with Gasteiger partial charge >= 0.3 is 0 Å². The highest BCUT2D eigenvalue weighted by Gasteiger charge is 2.16. The Labute approximate surface area is 149 Å². The van der Waals surface area contributed by atoms with Crippen molar-refractivity contribution in [2.24, 2.45) is 0 Å². The highest BCUT2D eigenvalue weighted by Crippen LogP contribution is 2.44. The summed E-state index contributed by atoms with van der Waals surface area (Å²) in [4.78, 5) is 7.67. The molecule has 122 valence electrons. The molecule has 2 atom stereocenters. The molecule has 0 radical (unpaired) electrons. The number of fused-ring (bicyclic) bond motifs is 1. The predicted octanol–water partition coefficient (Wildman–Crippen LogP) is 5.32. The van der Waals surface area contributed by atoms with E-state index in [2.05, 4.69) is 33.8 Å².